The maximum Gasteiger partial charge on any atom is 0.221 e. The summed E-state index contributed by atoms with van der Waals surface area (Å²) >= 11 is 0. The minimum Gasteiger partial charge on any atom is -0.492 e. The molecule has 4 nitrogen and oxygen atoms in total. The van der Waals surface area contributed by atoms with Gasteiger partial charge in [0, 0.05) is 12.5 Å². The van der Waals surface area contributed by atoms with Gasteiger partial charge in [-0.3, -0.25) is 4.79 Å². The van der Waals surface area contributed by atoms with Crippen LogP contribution in [0.2, 0.25) is 0 Å². The zero-order valence-corrected chi connectivity index (χ0v) is 11.1. The van der Waals surface area contributed by atoms with E-state index in [1.807, 2.05) is 44.2 Å². The molecule has 0 aliphatic heterocycles. The smallest absolute Gasteiger partial charge is 0.221 e. The minimum atomic E-state index is 0.0557. The van der Waals surface area contributed by atoms with Crippen molar-refractivity contribution in [3.05, 3.63) is 30.3 Å². The molecule has 18 heavy (non-hydrogen) atoms. The molecule has 1 aromatic carbocycles. The van der Waals surface area contributed by atoms with Crippen molar-refractivity contribution in [1.29, 1.82) is 0 Å². The largest absolute Gasteiger partial charge is 0.492 e. The van der Waals surface area contributed by atoms with E-state index in [2.05, 4.69) is 10.6 Å². The number of amides is 1. The fourth-order valence-corrected chi connectivity index (χ4v) is 1.65. The molecule has 0 saturated heterocycles. The topological polar surface area (TPSA) is 50.4 Å². The molecule has 0 aliphatic rings. The molecule has 0 saturated carbocycles. The number of para-hydroxylation sites is 1. The molecule has 0 radical (unpaired) electrons. The molecule has 1 unspecified atom stereocenters. The summed E-state index contributed by atoms with van der Waals surface area (Å²) in [4.78, 5) is 11.5. The first-order chi connectivity index (χ1) is 8.72. The van der Waals surface area contributed by atoms with E-state index in [1.165, 1.54) is 0 Å². The van der Waals surface area contributed by atoms with Crippen LogP contribution in [-0.4, -0.2) is 31.6 Å². The lowest BCUT2D eigenvalue weighted by Crippen LogP contribution is -2.35. The van der Waals surface area contributed by atoms with Gasteiger partial charge in [0.1, 0.15) is 12.4 Å². The summed E-state index contributed by atoms with van der Waals surface area (Å²) in [6.45, 7) is 5.94. The number of carbonyl (C=O) groups excluding carboxylic acids is 1. The molecule has 0 fully saturated rings. The van der Waals surface area contributed by atoms with E-state index >= 15 is 0 Å². The van der Waals surface area contributed by atoms with Gasteiger partial charge in [0.15, 0.2) is 0 Å². The van der Waals surface area contributed by atoms with Crippen LogP contribution < -0.4 is 15.4 Å². The molecule has 2 N–H and O–H groups in total. The van der Waals surface area contributed by atoms with Gasteiger partial charge >= 0.3 is 0 Å². The molecule has 0 aromatic heterocycles. The van der Waals surface area contributed by atoms with Crippen molar-refractivity contribution in [2.24, 2.45) is 0 Å². The van der Waals surface area contributed by atoms with E-state index in [-0.39, 0.29) is 11.9 Å². The summed E-state index contributed by atoms with van der Waals surface area (Å²) in [6, 6.07) is 9.80. The van der Waals surface area contributed by atoms with E-state index in [4.69, 9.17) is 4.74 Å². The Morgan fingerprint density at radius 2 is 2.06 bits per heavy atom. The van der Waals surface area contributed by atoms with Crippen LogP contribution in [0.1, 0.15) is 20.3 Å². The van der Waals surface area contributed by atoms with E-state index in [0.29, 0.717) is 19.6 Å². The molecule has 100 valence electrons. The van der Waals surface area contributed by atoms with Gasteiger partial charge in [-0.05, 0) is 25.6 Å². The molecular weight excluding hydrogens is 228 g/mol. The maximum atomic E-state index is 11.5. The highest BCUT2D eigenvalue weighted by molar-refractivity contribution is 5.76. The number of nitrogens with one attached hydrogen (secondary N) is 2. The van der Waals surface area contributed by atoms with E-state index in [0.717, 1.165) is 12.3 Å². The van der Waals surface area contributed by atoms with Crippen LogP contribution in [0.15, 0.2) is 30.3 Å². The van der Waals surface area contributed by atoms with Gasteiger partial charge in [-0.25, -0.2) is 0 Å². The average molecular weight is 250 g/mol. The van der Waals surface area contributed by atoms with Gasteiger partial charge in [0.05, 0.1) is 6.54 Å². The second-order valence-electron chi connectivity index (χ2n) is 4.17. The summed E-state index contributed by atoms with van der Waals surface area (Å²) in [7, 11) is 0. The van der Waals surface area contributed by atoms with Gasteiger partial charge in [0.2, 0.25) is 5.91 Å². The fourth-order valence-electron chi connectivity index (χ4n) is 1.65. The normalized spacial score (nSPS) is 11.9. The van der Waals surface area contributed by atoms with Crippen molar-refractivity contribution in [3.8, 4) is 5.75 Å². The van der Waals surface area contributed by atoms with Crippen molar-refractivity contribution in [2.45, 2.75) is 26.3 Å². The van der Waals surface area contributed by atoms with E-state index in [9.17, 15) is 4.79 Å². The molecule has 1 amide bonds. The first-order valence-electron chi connectivity index (χ1n) is 6.40. The molecule has 0 heterocycles. The van der Waals surface area contributed by atoms with Crippen LogP contribution in [-0.2, 0) is 4.79 Å². The summed E-state index contributed by atoms with van der Waals surface area (Å²) in [5.41, 5.74) is 0. The van der Waals surface area contributed by atoms with Crippen molar-refractivity contribution in [2.75, 3.05) is 19.7 Å². The number of hydrogen-bond donors (Lipinski definition) is 2. The number of benzene rings is 1. The maximum absolute atomic E-state index is 11.5. The first-order valence-corrected chi connectivity index (χ1v) is 6.40. The summed E-state index contributed by atoms with van der Waals surface area (Å²) in [6.07, 6.45) is 0.499. The van der Waals surface area contributed by atoms with Gasteiger partial charge in [-0.15, -0.1) is 0 Å². The van der Waals surface area contributed by atoms with Crippen molar-refractivity contribution in [3.63, 3.8) is 0 Å². The third kappa shape index (κ3) is 6.25. The average Bonchev–Trinajstić information content (AvgIpc) is 2.36. The zero-order valence-electron chi connectivity index (χ0n) is 11.1. The number of ether oxygens (including phenoxy) is 1. The predicted octanol–water partition coefficient (Wildman–Crippen LogP) is 1.57. The quantitative estimate of drug-likeness (QED) is 0.689. The summed E-state index contributed by atoms with van der Waals surface area (Å²) in [5, 5.41) is 6.04. The standard InChI is InChI=1S/C14H22N2O2/c1-3-15-12(2)11-14(17)16-9-10-18-13-7-5-4-6-8-13/h4-8,12,15H,3,9-11H2,1-2H3,(H,16,17). The van der Waals surface area contributed by atoms with Gasteiger partial charge < -0.3 is 15.4 Å². The Morgan fingerprint density at radius 1 is 1.33 bits per heavy atom. The third-order valence-electron chi connectivity index (χ3n) is 2.48. The number of hydrogen-bond acceptors (Lipinski definition) is 3. The van der Waals surface area contributed by atoms with Crippen LogP contribution in [0.4, 0.5) is 0 Å². The minimum absolute atomic E-state index is 0.0557. The second-order valence-corrected chi connectivity index (χ2v) is 4.17. The molecule has 1 atom stereocenters. The molecular formula is C14H22N2O2. The van der Waals surface area contributed by atoms with Crippen LogP contribution in [0.3, 0.4) is 0 Å². The lowest BCUT2D eigenvalue weighted by molar-refractivity contribution is -0.121. The SMILES string of the molecule is CCNC(C)CC(=O)NCCOc1ccccc1. The van der Waals surface area contributed by atoms with Gasteiger partial charge in [-0.1, -0.05) is 25.1 Å². The number of rotatable bonds is 8. The lowest BCUT2D eigenvalue weighted by atomic mass is 10.2. The first kappa shape index (κ1) is 14.5. The Morgan fingerprint density at radius 3 is 2.72 bits per heavy atom. The van der Waals surface area contributed by atoms with E-state index in [1.54, 1.807) is 0 Å². The third-order valence-corrected chi connectivity index (χ3v) is 2.48. The Hall–Kier alpha value is -1.55. The summed E-state index contributed by atoms with van der Waals surface area (Å²) in [5.74, 6) is 0.882. The van der Waals surface area contributed by atoms with Gasteiger partial charge in [-0.2, -0.15) is 0 Å². The Bertz CT molecular complexity index is 341. The number of carbonyl (C=O) groups is 1. The molecule has 0 bridgehead atoms. The second kappa shape index (κ2) is 8.53. The monoisotopic (exact) mass is 250 g/mol. The lowest BCUT2D eigenvalue weighted by Gasteiger charge is -2.12. The predicted molar refractivity (Wildman–Crippen MR) is 72.7 cm³/mol. The van der Waals surface area contributed by atoms with Crippen molar-refractivity contribution >= 4 is 5.91 Å². The fraction of sp³-hybridized carbons (Fsp3) is 0.500. The van der Waals surface area contributed by atoms with Crippen LogP contribution >= 0.6 is 0 Å². The highest BCUT2D eigenvalue weighted by atomic mass is 16.5. The van der Waals surface area contributed by atoms with Crippen molar-refractivity contribution < 1.29 is 9.53 Å². The Labute approximate surface area is 109 Å². The zero-order chi connectivity index (χ0) is 13.2. The van der Waals surface area contributed by atoms with E-state index < -0.39 is 0 Å². The highest BCUT2D eigenvalue weighted by Crippen LogP contribution is 2.07. The van der Waals surface area contributed by atoms with Crippen LogP contribution in [0, 0.1) is 0 Å². The molecule has 0 spiro atoms. The van der Waals surface area contributed by atoms with Crippen LogP contribution in [0.25, 0.3) is 0 Å². The molecule has 0 aliphatic carbocycles. The molecule has 1 aromatic rings. The highest BCUT2D eigenvalue weighted by Gasteiger charge is 2.06. The molecule has 1 rings (SSSR count). The molecule has 4 heteroatoms. The summed E-state index contributed by atoms with van der Waals surface area (Å²) < 4.78 is 5.48. The Balaban J connectivity index is 2.09. The van der Waals surface area contributed by atoms with Crippen LogP contribution in [0.5, 0.6) is 5.75 Å². The van der Waals surface area contributed by atoms with Gasteiger partial charge in [0.25, 0.3) is 0 Å². The van der Waals surface area contributed by atoms with Crippen molar-refractivity contribution in [1.82, 2.24) is 10.6 Å². The Kier molecular flexibility index (Phi) is 6.87.